The highest BCUT2D eigenvalue weighted by Crippen LogP contribution is 2.14. The van der Waals surface area contributed by atoms with Gasteiger partial charge in [0.05, 0.1) is 0 Å². The van der Waals surface area contributed by atoms with Gasteiger partial charge in [0.1, 0.15) is 0 Å². The van der Waals surface area contributed by atoms with Crippen LogP contribution in [0.4, 0.5) is 0 Å². The molecule has 1 aromatic carbocycles. The molecule has 1 aromatic rings. The lowest BCUT2D eigenvalue weighted by Crippen LogP contribution is -1.83. The zero-order valence-corrected chi connectivity index (χ0v) is 7.67. The Kier molecular flexibility index (Phi) is 3.61. The second-order valence-electron chi connectivity index (χ2n) is 2.29. The first-order valence-electron chi connectivity index (χ1n) is 3.62. The maximum absolute atomic E-state index is 10.6. The zero-order valence-electron chi connectivity index (χ0n) is 6.86. The molecule has 0 atom stereocenters. The van der Waals surface area contributed by atoms with E-state index in [1.165, 1.54) is 11.8 Å². The molecule has 0 saturated heterocycles. The molecule has 0 unspecified atom stereocenters. The van der Waals surface area contributed by atoms with Crippen LogP contribution in [-0.4, -0.2) is 12.5 Å². The minimum absolute atomic E-state index is 0.739. The SMILES string of the molecule is CSC=C(C=O)c1ccccc1. The van der Waals surface area contributed by atoms with E-state index in [0.717, 1.165) is 17.4 Å². The van der Waals surface area contributed by atoms with Gasteiger partial charge in [-0.15, -0.1) is 11.8 Å². The third-order valence-electron chi connectivity index (χ3n) is 1.48. The van der Waals surface area contributed by atoms with Crippen molar-refractivity contribution < 1.29 is 4.79 Å². The van der Waals surface area contributed by atoms with Crippen molar-refractivity contribution in [1.82, 2.24) is 0 Å². The summed E-state index contributed by atoms with van der Waals surface area (Å²) in [5.41, 5.74) is 1.71. The van der Waals surface area contributed by atoms with Crippen LogP contribution in [0, 0.1) is 0 Å². The number of aldehydes is 1. The number of allylic oxidation sites excluding steroid dienone is 1. The monoisotopic (exact) mass is 178 g/mol. The van der Waals surface area contributed by atoms with Crippen LogP contribution in [0.3, 0.4) is 0 Å². The summed E-state index contributed by atoms with van der Waals surface area (Å²) in [7, 11) is 0. The first-order chi connectivity index (χ1) is 5.88. The molecule has 0 aliphatic rings. The molecule has 0 saturated carbocycles. The van der Waals surface area contributed by atoms with Crippen LogP contribution < -0.4 is 0 Å². The Hall–Kier alpha value is -1.02. The van der Waals surface area contributed by atoms with E-state index in [1.807, 2.05) is 42.0 Å². The van der Waals surface area contributed by atoms with Gasteiger partial charge < -0.3 is 0 Å². The lowest BCUT2D eigenvalue weighted by atomic mass is 10.1. The standard InChI is InChI=1S/C10H10OS/c1-12-8-10(7-11)9-5-3-2-4-6-9/h2-8H,1H3. The molecule has 0 amide bonds. The number of rotatable bonds is 3. The highest BCUT2D eigenvalue weighted by Gasteiger charge is 1.96. The fourth-order valence-electron chi connectivity index (χ4n) is 0.921. The smallest absolute Gasteiger partial charge is 0.151 e. The summed E-state index contributed by atoms with van der Waals surface area (Å²) in [4.78, 5) is 10.6. The van der Waals surface area contributed by atoms with Gasteiger partial charge in [0.15, 0.2) is 6.29 Å². The van der Waals surface area contributed by atoms with Crippen LogP contribution >= 0.6 is 11.8 Å². The average Bonchev–Trinajstić information content (AvgIpc) is 2.15. The highest BCUT2D eigenvalue weighted by molar-refractivity contribution is 8.01. The van der Waals surface area contributed by atoms with Crippen LogP contribution in [0.2, 0.25) is 0 Å². The van der Waals surface area contributed by atoms with Gasteiger partial charge in [-0.25, -0.2) is 0 Å². The van der Waals surface area contributed by atoms with Crippen LogP contribution in [-0.2, 0) is 4.79 Å². The molecule has 62 valence electrons. The van der Waals surface area contributed by atoms with E-state index >= 15 is 0 Å². The molecule has 0 radical (unpaired) electrons. The molecule has 0 aliphatic carbocycles. The lowest BCUT2D eigenvalue weighted by Gasteiger charge is -1.97. The molecule has 12 heavy (non-hydrogen) atoms. The Morgan fingerprint density at radius 1 is 1.33 bits per heavy atom. The summed E-state index contributed by atoms with van der Waals surface area (Å²) in [6.45, 7) is 0. The van der Waals surface area contributed by atoms with Crippen molar-refractivity contribution in [2.24, 2.45) is 0 Å². The topological polar surface area (TPSA) is 17.1 Å². The van der Waals surface area contributed by atoms with Crippen molar-refractivity contribution in [3.05, 3.63) is 41.3 Å². The molecule has 1 rings (SSSR count). The molecule has 0 N–H and O–H groups in total. The van der Waals surface area contributed by atoms with Gasteiger partial charge in [0.2, 0.25) is 0 Å². The van der Waals surface area contributed by atoms with Crippen LogP contribution in [0.5, 0.6) is 0 Å². The number of hydrogen-bond donors (Lipinski definition) is 0. The van der Waals surface area contributed by atoms with Gasteiger partial charge in [0, 0.05) is 5.57 Å². The largest absolute Gasteiger partial charge is 0.298 e. The molecule has 0 aliphatic heterocycles. The van der Waals surface area contributed by atoms with Gasteiger partial charge >= 0.3 is 0 Å². The Morgan fingerprint density at radius 2 is 2.00 bits per heavy atom. The lowest BCUT2D eigenvalue weighted by molar-refractivity contribution is -0.103. The predicted octanol–water partition coefficient (Wildman–Crippen LogP) is 2.59. The van der Waals surface area contributed by atoms with Crippen molar-refractivity contribution in [1.29, 1.82) is 0 Å². The van der Waals surface area contributed by atoms with Gasteiger partial charge in [-0.1, -0.05) is 30.3 Å². The Morgan fingerprint density at radius 3 is 2.50 bits per heavy atom. The zero-order chi connectivity index (χ0) is 8.81. The van der Waals surface area contributed by atoms with Crippen LogP contribution in [0.1, 0.15) is 5.56 Å². The summed E-state index contributed by atoms with van der Waals surface area (Å²) in [5, 5.41) is 1.85. The third-order valence-corrected chi connectivity index (χ3v) is 1.97. The maximum atomic E-state index is 10.6. The van der Waals surface area contributed by atoms with E-state index in [0.29, 0.717) is 0 Å². The highest BCUT2D eigenvalue weighted by atomic mass is 32.2. The molecule has 0 heterocycles. The molecule has 0 spiro atoms. The first-order valence-corrected chi connectivity index (χ1v) is 4.91. The van der Waals surface area contributed by atoms with Crippen LogP contribution in [0.25, 0.3) is 5.57 Å². The van der Waals surface area contributed by atoms with E-state index in [9.17, 15) is 4.79 Å². The fraction of sp³-hybridized carbons (Fsp3) is 0.100. The normalized spacial score (nSPS) is 11.2. The quantitative estimate of drug-likeness (QED) is 0.522. The van der Waals surface area contributed by atoms with Crippen molar-refractivity contribution in [3.8, 4) is 0 Å². The van der Waals surface area contributed by atoms with Crippen molar-refractivity contribution >= 4 is 23.6 Å². The minimum Gasteiger partial charge on any atom is -0.298 e. The second kappa shape index (κ2) is 4.78. The molecule has 0 bridgehead atoms. The van der Waals surface area contributed by atoms with E-state index < -0.39 is 0 Å². The number of hydrogen-bond acceptors (Lipinski definition) is 2. The Labute approximate surface area is 76.5 Å². The number of benzene rings is 1. The first kappa shape index (κ1) is 9.07. The molecular formula is C10H10OS. The summed E-state index contributed by atoms with van der Waals surface area (Å²) >= 11 is 1.54. The maximum Gasteiger partial charge on any atom is 0.151 e. The van der Waals surface area contributed by atoms with Gasteiger partial charge in [-0.2, -0.15) is 0 Å². The van der Waals surface area contributed by atoms with Crippen LogP contribution in [0.15, 0.2) is 35.7 Å². The number of thioether (sulfide) groups is 1. The van der Waals surface area contributed by atoms with Crippen molar-refractivity contribution in [2.75, 3.05) is 6.26 Å². The van der Waals surface area contributed by atoms with Gasteiger partial charge in [-0.05, 0) is 17.2 Å². The third kappa shape index (κ3) is 2.24. The van der Waals surface area contributed by atoms with Gasteiger partial charge in [0.25, 0.3) is 0 Å². The summed E-state index contributed by atoms with van der Waals surface area (Å²) in [6.07, 6.45) is 2.82. The summed E-state index contributed by atoms with van der Waals surface area (Å²) in [5.74, 6) is 0. The minimum atomic E-state index is 0.739. The molecule has 1 nitrogen and oxygen atoms in total. The average molecular weight is 178 g/mol. The van der Waals surface area contributed by atoms with Crippen molar-refractivity contribution in [3.63, 3.8) is 0 Å². The second-order valence-corrected chi connectivity index (χ2v) is 3.00. The predicted molar refractivity (Wildman–Crippen MR) is 54.0 cm³/mol. The van der Waals surface area contributed by atoms with E-state index in [2.05, 4.69) is 0 Å². The Bertz CT molecular complexity index is 277. The molecular weight excluding hydrogens is 168 g/mol. The number of carbonyl (C=O) groups is 1. The van der Waals surface area contributed by atoms with Crippen molar-refractivity contribution in [2.45, 2.75) is 0 Å². The van der Waals surface area contributed by atoms with E-state index in [1.54, 1.807) is 0 Å². The fourth-order valence-corrected chi connectivity index (χ4v) is 1.37. The molecule has 0 aromatic heterocycles. The number of carbonyl (C=O) groups excluding carboxylic acids is 1. The molecule has 0 fully saturated rings. The Balaban J connectivity index is 2.96. The van der Waals surface area contributed by atoms with E-state index in [-0.39, 0.29) is 0 Å². The summed E-state index contributed by atoms with van der Waals surface area (Å²) in [6, 6.07) is 9.64. The van der Waals surface area contributed by atoms with Gasteiger partial charge in [-0.3, -0.25) is 4.79 Å². The summed E-state index contributed by atoms with van der Waals surface area (Å²) < 4.78 is 0. The molecule has 2 heteroatoms. The van der Waals surface area contributed by atoms with E-state index in [4.69, 9.17) is 0 Å².